The number of amides is 1. The molecule has 1 aliphatic heterocycles. The third kappa shape index (κ3) is 4.00. The van der Waals surface area contributed by atoms with E-state index in [4.69, 9.17) is 0 Å². The predicted molar refractivity (Wildman–Crippen MR) is 100 cm³/mol. The molecule has 2 aromatic rings. The molecule has 0 bridgehead atoms. The molecule has 1 heterocycles. The quantitative estimate of drug-likeness (QED) is 0.675. The second kappa shape index (κ2) is 7.68. The minimum absolute atomic E-state index is 0.0584. The van der Waals surface area contributed by atoms with Gasteiger partial charge in [-0.25, -0.2) is 0 Å². The molecule has 3 rings (SSSR count). The van der Waals surface area contributed by atoms with Crippen LogP contribution in [0, 0.1) is 19.8 Å². The summed E-state index contributed by atoms with van der Waals surface area (Å²) in [4.78, 5) is 12.6. The third-order valence-corrected chi connectivity index (χ3v) is 4.87. The molecule has 0 aromatic heterocycles. The van der Waals surface area contributed by atoms with Crippen LogP contribution in [0.1, 0.15) is 21.5 Å². The lowest BCUT2D eigenvalue weighted by atomic mass is 10.1. The summed E-state index contributed by atoms with van der Waals surface area (Å²) in [5, 5.41) is 19.3. The van der Waals surface area contributed by atoms with Gasteiger partial charge in [0.25, 0.3) is 5.91 Å². The van der Waals surface area contributed by atoms with Crippen LogP contribution < -0.4 is 16.0 Å². The van der Waals surface area contributed by atoms with Gasteiger partial charge >= 0.3 is 0 Å². The van der Waals surface area contributed by atoms with Crippen LogP contribution in [-0.4, -0.2) is 36.8 Å². The maximum Gasteiger partial charge on any atom is 0.253 e. The van der Waals surface area contributed by atoms with Gasteiger partial charge in [-0.3, -0.25) is 4.79 Å². The molecule has 1 saturated heterocycles. The number of benzene rings is 2. The number of nitrogens with one attached hydrogen (secondary N) is 3. The van der Waals surface area contributed by atoms with Crippen LogP contribution in [0.2, 0.25) is 0 Å². The summed E-state index contributed by atoms with van der Waals surface area (Å²) in [6.45, 7) is 5.91. The standard InChI is InChI=1S/C20H25N3O2/c1-13-6-5-9-17(14(13)2)23-18-8-4-3-7-16(18)20(25)22-11-15-10-21-12-19(15)24/h3-9,15,19,21,23-24H,10-12H2,1-2H3,(H,22,25). The van der Waals surface area contributed by atoms with E-state index >= 15 is 0 Å². The van der Waals surface area contributed by atoms with Crippen molar-refractivity contribution >= 4 is 17.3 Å². The maximum atomic E-state index is 12.6. The van der Waals surface area contributed by atoms with Gasteiger partial charge in [-0.05, 0) is 43.2 Å². The zero-order chi connectivity index (χ0) is 17.8. The zero-order valence-electron chi connectivity index (χ0n) is 14.7. The molecule has 1 aliphatic rings. The second-order valence-corrected chi connectivity index (χ2v) is 6.61. The number of aliphatic hydroxyl groups is 1. The van der Waals surface area contributed by atoms with Gasteiger partial charge in [-0.2, -0.15) is 0 Å². The van der Waals surface area contributed by atoms with Gasteiger partial charge in [0.15, 0.2) is 0 Å². The predicted octanol–water partition coefficient (Wildman–Crippen LogP) is 2.36. The summed E-state index contributed by atoms with van der Waals surface area (Å²) in [5.74, 6) is -0.0735. The topological polar surface area (TPSA) is 73.4 Å². The average Bonchev–Trinajstić information content (AvgIpc) is 3.02. The SMILES string of the molecule is Cc1cccc(Nc2ccccc2C(=O)NCC2CNCC2O)c1C. The van der Waals surface area contributed by atoms with Crippen LogP contribution >= 0.6 is 0 Å². The van der Waals surface area contributed by atoms with Crippen LogP contribution in [-0.2, 0) is 0 Å². The van der Waals surface area contributed by atoms with E-state index in [9.17, 15) is 9.90 Å². The lowest BCUT2D eigenvalue weighted by Gasteiger charge is -2.17. The first-order chi connectivity index (χ1) is 12.1. The molecule has 4 N–H and O–H groups in total. The van der Waals surface area contributed by atoms with Gasteiger partial charge in [-0.15, -0.1) is 0 Å². The third-order valence-electron chi connectivity index (χ3n) is 4.87. The Labute approximate surface area is 148 Å². The van der Waals surface area contributed by atoms with E-state index in [0.29, 0.717) is 18.7 Å². The number of anilines is 2. The fraction of sp³-hybridized carbons (Fsp3) is 0.350. The van der Waals surface area contributed by atoms with Gasteiger partial charge in [-0.1, -0.05) is 24.3 Å². The molecule has 0 saturated carbocycles. The van der Waals surface area contributed by atoms with Crippen molar-refractivity contribution in [1.29, 1.82) is 0 Å². The van der Waals surface area contributed by atoms with E-state index in [1.54, 1.807) is 0 Å². The van der Waals surface area contributed by atoms with Gasteiger partial charge in [0, 0.05) is 31.2 Å². The Morgan fingerprint density at radius 2 is 1.88 bits per heavy atom. The van der Waals surface area contributed by atoms with Crippen molar-refractivity contribution in [2.45, 2.75) is 20.0 Å². The fourth-order valence-electron chi connectivity index (χ4n) is 3.07. The summed E-state index contributed by atoms with van der Waals surface area (Å²) < 4.78 is 0. The van der Waals surface area contributed by atoms with Gasteiger partial charge in [0.1, 0.15) is 0 Å². The molecule has 25 heavy (non-hydrogen) atoms. The van der Waals surface area contributed by atoms with E-state index in [-0.39, 0.29) is 11.8 Å². The van der Waals surface area contributed by atoms with Crippen LogP contribution in [0.25, 0.3) is 0 Å². The Morgan fingerprint density at radius 3 is 2.64 bits per heavy atom. The molecule has 1 fully saturated rings. The summed E-state index contributed by atoms with van der Waals surface area (Å²) in [7, 11) is 0. The summed E-state index contributed by atoms with van der Waals surface area (Å²) in [6, 6.07) is 13.6. The minimum atomic E-state index is -0.399. The van der Waals surface area contributed by atoms with Crippen LogP contribution in [0.3, 0.4) is 0 Å². The number of hydrogen-bond donors (Lipinski definition) is 4. The van der Waals surface area contributed by atoms with Gasteiger partial charge < -0.3 is 21.1 Å². The molecule has 0 radical (unpaired) electrons. The average molecular weight is 339 g/mol. The highest BCUT2D eigenvalue weighted by atomic mass is 16.3. The highest BCUT2D eigenvalue weighted by Crippen LogP contribution is 2.25. The molecule has 0 spiro atoms. The summed E-state index contributed by atoms with van der Waals surface area (Å²) in [5.41, 5.74) is 4.74. The lowest BCUT2D eigenvalue weighted by molar-refractivity contribution is 0.0928. The van der Waals surface area contributed by atoms with Crippen molar-refractivity contribution in [1.82, 2.24) is 10.6 Å². The number of aryl methyl sites for hydroxylation is 1. The number of hydrogen-bond acceptors (Lipinski definition) is 4. The van der Waals surface area contributed by atoms with Gasteiger partial charge in [0.2, 0.25) is 0 Å². The van der Waals surface area contributed by atoms with Crippen LogP contribution in [0.15, 0.2) is 42.5 Å². The number of carbonyl (C=O) groups excluding carboxylic acids is 1. The fourth-order valence-corrected chi connectivity index (χ4v) is 3.07. The Morgan fingerprint density at radius 1 is 1.12 bits per heavy atom. The highest BCUT2D eigenvalue weighted by molar-refractivity contribution is 6.00. The number of aliphatic hydroxyl groups excluding tert-OH is 1. The van der Waals surface area contributed by atoms with E-state index in [1.165, 1.54) is 5.56 Å². The first-order valence-corrected chi connectivity index (χ1v) is 8.65. The van der Waals surface area contributed by atoms with Crippen molar-refractivity contribution in [2.24, 2.45) is 5.92 Å². The molecule has 132 valence electrons. The van der Waals surface area contributed by atoms with E-state index in [1.807, 2.05) is 36.4 Å². The lowest BCUT2D eigenvalue weighted by Crippen LogP contribution is -2.34. The molecule has 0 aliphatic carbocycles. The van der Waals surface area contributed by atoms with Crippen molar-refractivity contribution in [2.75, 3.05) is 25.0 Å². The monoisotopic (exact) mass is 339 g/mol. The molecule has 2 unspecified atom stereocenters. The number of rotatable bonds is 5. The summed E-state index contributed by atoms with van der Waals surface area (Å²) in [6.07, 6.45) is -0.399. The molecule has 2 aromatic carbocycles. The number of β-amino-alcohol motifs (C(OH)–C–C–N with tert-alkyl or cyclic N) is 1. The Hall–Kier alpha value is -2.37. The number of carbonyl (C=O) groups is 1. The Balaban J connectivity index is 1.74. The van der Waals surface area contributed by atoms with Crippen molar-refractivity contribution < 1.29 is 9.90 Å². The second-order valence-electron chi connectivity index (χ2n) is 6.61. The van der Waals surface area contributed by atoms with Gasteiger partial charge in [0.05, 0.1) is 17.4 Å². The normalized spacial score (nSPS) is 19.6. The molecular weight excluding hydrogens is 314 g/mol. The van der Waals surface area contributed by atoms with E-state index in [0.717, 1.165) is 23.5 Å². The molecule has 1 amide bonds. The van der Waals surface area contributed by atoms with Crippen molar-refractivity contribution in [3.8, 4) is 0 Å². The summed E-state index contributed by atoms with van der Waals surface area (Å²) >= 11 is 0. The number of para-hydroxylation sites is 1. The Kier molecular flexibility index (Phi) is 5.36. The van der Waals surface area contributed by atoms with E-state index < -0.39 is 6.10 Å². The molecule has 5 nitrogen and oxygen atoms in total. The maximum absolute atomic E-state index is 12.6. The highest BCUT2D eigenvalue weighted by Gasteiger charge is 2.25. The largest absolute Gasteiger partial charge is 0.391 e. The molecule has 2 atom stereocenters. The molecule has 5 heteroatoms. The van der Waals surface area contributed by atoms with Crippen LogP contribution in [0.5, 0.6) is 0 Å². The van der Waals surface area contributed by atoms with Crippen LogP contribution in [0.4, 0.5) is 11.4 Å². The first-order valence-electron chi connectivity index (χ1n) is 8.65. The molecular formula is C20H25N3O2. The minimum Gasteiger partial charge on any atom is -0.391 e. The first kappa shape index (κ1) is 17.5. The van der Waals surface area contributed by atoms with E-state index in [2.05, 4.69) is 35.9 Å². The Bertz CT molecular complexity index is 760. The smallest absolute Gasteiger partial charge is 0.253 e. The zero-order valence-corrected chi connectivity index (χ0v) is 14.7. The van der Waals surface area contributed by atoms with Crippen molar-refractivity contribution in [3.63, 3.8) is 0 Å². The van der Waals surface area contributed by atoms with Crippen molar-refractivity contribution in [3.05, 3.63) is 59.2 Å².